The Bertz CT molecular complexity index is 1630. The Morgan fingerprint density at radius 3 is 2.79 bits per heavy atom. The van der Waals surface area contributed by atoms with Gasteiger partial charge < -0.3 is 21.4 Å². The van der Waals surface area contributed by atoms with Crippen molar-refractivity contribution in [2.45, 2.75) is 15.6 Å². The lowest BCUT2D eigenvalue weighted by Crippen LogP contribution is -2.71. The average Bonchev–Trinajstić information content (AvgIpc) is 3.32. The van der Waals surface area contributed by atoms with Crippen LogP contribution in [-0.2, 0) is 14.4 Å². The second-order valence-corrected chi connectivity index (χ2v) is 12.2. The van der Waals surface area contributed by atoms with Crippen LogP contribution in [0.1, 0.15) is 5.69 Å². The first-order valence-electron chi connectivity index (χ1n) is 10.8. The second-order valence-electron chi connectivity index (χ2n) is 7.91. The van der Waals surface area contributed by atoms with Crippen molar-refractivity contribution in [3.8, 4) is 0 Å². The van der Waals surface area contributed by atoms with Crippen LogP contribution in [-0.4, -0.2) is 60.9 Å². The monoisotopic (exact) mass is 587 g/mol. The van der Waals surface area contributed by atoms with Gasteiger partial charge in [0, 0.05) is 27.3 Å². The molecule has 2 aliphatic rings. The van der Waals surface area contributed by atoms with Crippen LogP contribution in [0.15, 0.2) is 72.6 Å². The summed E-state index contributed by atoms with van der Waals surface area (Å²) in [5.41, 5.74) is 5.37. The van der Waals surface area contributed by atoms with Gasteiger partial charge in [-0.1, -0.05) is 29.1 Å². The molecule has 2 aliphatic heterocycles. The third kappa shape index (κ3) is 4.80. The molecule has 1 aromatic carbocycles. The molecule has 3 aromatic rings. The number of β-lactam (4-membered cyclic amide) rings is 1. The molecule has 0 saturated carbocycles. The van der Waals surface area contributed by atoms with E-state index in [0.29, 0.717) is 11.0 Å². The van der Waals surface area contributed by atoms with E-state index < -0.39 is 34.9 Å². The molecule has 5 rings (SSSR count). The molecule has 11 nitrogen and oxygen atoms in total. The number of benzene rings is 1. The van der Waals surface area contributed by atoms with Crippen LogP contribution >= 0.6 is 46.2 Å². The maximum absolute atomic E-state index is 12.9. The predicted molar refractivity (Wildman–Crippen MR) is 148 cm³/mol. The lowest BCUT2D eigenvalue weighted by atomic mass is 10.0. The number of carbonyl (C=O) groups is 3. The summed E-state index contributed by atoms with van der Waals surface area (Å²) in [6, 6.07) is 7.82. The van der Waals surface area contributed by atoms with Gasteiger partial charge in [0.05, 0.1) is 4.21 Å². The second kappa shape index (κ2) is 10.6. The summed E-state index contributed by atoms with van der Waals surface area (Å²) in [5, 5.41) is 27.9. The van der Waals surface area contributed by atoms with Crippen molar-refractivity contribution < 1.29 is 24.7 Å². The minimum absolute atomic E-state index is 0.0555. The Morgan fingerprint density at radius 2 is 2.08 bits per heavy atom. The van der Waals surface area contributed by atoms with Crippen LogP contribution in [0.5, 0.6) is 0 Å². The predicted octanol–water partition coefficient (Wildman–Crippen LogP) is 2.52. The average molecular weight is 588 g/mol. The molecule has 0 bridgehead atoms. The van der Waals surface area contributed by atoms with Gasteiger partial charge in [0.2, 0.25) is 0 Å². The van der Waals surface area contributed by atoms with Crippen molar-refractivity contribution in [2.75, 3.05) is 11.5 Å². The van der Waals surface area contributed by atoms with Crippen LogP contribution in [0.4, 0.5) is 5.13 Å². The minimum Gasteiger partial charge on any atom is -0.477 e. The first-order chi connectivity index (χ1) is 18.3. The maximum atomic E-state index is 12.9. The smallest absolute Gasteiger partial charge is 0.352 e. The van der Waals surface area contributed by atoms with Crippen molar-refractivity contribution in [1.29, 1.82) is 0 Å². The highest BCUT2D eigenvalue weighted by Gasteiger charge is 2.54. The molecule has 0 spiro atoms. The number of fused-ring (bicyclic) bond motifs is 2. The van der Waals surface area contributed by atoms with E-state index in [1.54, 1.807) is 23.6 Å². The molecule has 0 radical (unpaired) electrons. The van der Waals surface area contributed by atoms with E-state index in [-0.39, 0.29) is 27.7 Å². The molecule has 15 heteroatoms. The number of carbonyl (C=O) groups excluding carboxylic acids is 2. The standard InChI is InChI=1S/C23H17N5O6S4/c24-23-25-12(9-37-23)16(27-34)19(30)26-17-20(31)28-18(22(32)33)10(8-36-21(17)28)5-6-35-15-7-13(29)11-3-1-2-4-14(11)38-15/h1-7,9,17,21,34H,8H2,(H2,24,25)(H,26,30)(H,32,33)/t17?,21-/m1/s1. The molecule has 38 heavy (non-hydrogen) atoms. The molecular formula is C23H17N5O6S4. The van der Waals surface area contributed by atoms with E-state index in [1.807, 2.05) is 12.1 Å². The Balaban J connectivity index is 1.31. The number of allylic oxidation sites excluding steroid dienone is 1. The Morgan fingerprint density at radius 1 is 1.29 bits per heavy atom. The highest BCUT2D eigenvalue weighted by Crippen LogP contribution is 2.41. The summed E-state index contributed by atoms with van der Waals surface area (Å²) >= 11 is 5.08. The van der Waals surface area contributed by atoms with E-state index in [9.17, 15) is 29.5 Å². The van der Waals surface area contributed by atoms with E-state index in [0.717, 1.165) is 25.1 Å². The van der Waals surface area contributed by atoms with E-state index in [2.05, 4.69) is 15.5 Å². The molecule has 5 N–H and O–H groups in total. The number of thioether (sulfide) groups is 2. The van der Waals surface area contributed by atoms with Gasteiger partial charge in [0.25, 0.3) is 11.8 Å². The number of amides is 2. The molecule has 1 fully saturated rings. The van der Waals surface area contributed by atoms with Gasteiger partial charge in [-0.2, -0.15) is 0 Å². The Hall–Kier alpha value is -3.66. The quantitative estimate of drug-likeness (QED) is 0.106. The summed E-state index contributed by atoms with van der Waals surface area (Å²) in [6.07, 6.45) is 1.62. The van der Waals surface area contributed by atoms with Crippen molar-refractivity contribution in [1.82, 2.24) is 15.2 Å². The zero-order valence-electron chi connectivity index (χ0n) is 19.1. The fourth-order valence-electron chi connectivity index (χ4n) is 3.91. The van der Waals surface area contributed by atoms with Gasteiger partial charge in [-0.05, 0) is 29.2 Å². The molecule has 2 aromatic heterocycles. The normalized spacial score (nSPS) is 19.5. The number of nitrogens with two attached hydrogens (primary N) is 1. The van der Waals surface area contributed by atoms with Crippen LogP contribution < -0.4 is 16.5 Å². The summed E-state index contributed by atoms with van der Waals surface area (Å²) in [7, 11) is 0. The zero-order valence-corrected chi connectivity index (χ0v) is 22.3. The molecular weight excluding hydrogens is 571 g/mol. The van der Waals surface area contributed by atoms with Gasteiger partial charge in [0.1, 0.15) is 22.8 Å². The topological polar surface area (TPSA) is 175 Å². The van der Waals surface area contributed by atoms with Gasteiger partial charge in [-0.25, -0.2) is 9.78 Å². The summed E-state index contributed by atoms with van der Waals surface area (Å²) < 4.78 is 1.60. The number of hydrogen-bond acceptors (Lipinski definition) is 12. The van der Waals surface area contributed by atoms with Crippen molar-refractivity contribution >= 4 is 84.9 Å². The van der Waals surface area contributed by atoms with Crippen molar-refractivity contribution in [3.05, 3.63) is 74.4 Å². The number of rotatable bonds is 7. The van der Waals surface area contributed by atoms with Gasteiger partial charge in [0.15, 0.2) is 16.3 Å². The molecule has 2 amide bonds. The number of nitrogens with one attached hydrogen (secondary N) is 1. The number of oxime groups is 1. The Kier molecular flexibility index (Phi) is 7.25. The number of aliphatic carboxylic acids is 1. The SMILES string of the molecule is Nc1nc(C(=NO)C(=O)NC2C(=O)N3C(C(=O)O)=C(C=CSc4cc(=O)c5ccccc5s4)CS[C@H]23)cs1. The lowest BCUT2D eigenvalue weighted by Gasteiger charge is -2.49. The number of carboxylic acid groups (broad SMARTS) is 1. The number of nitrogens with zero attached hydrogens (tertiary/aromatic N) is 3. The Labute approximate surface area is 230 Å². The van der Waals surface area contributed by atoms with Gasteiger partial charge in [-0.15, -0.1) is 34.4 Å². The first-order valence-corrected chi connectivity index (χ1v) is 14.4. The van der Waals surface area contributed by atoms with Gasteiger partial charge in [-0.3, -0.25) is 19.3 Å². The number of hydrogen-bond donors (Lipinski definition) is 4. The molecule has 1 saturated heterocycles. The highest BCUT2D eigenvalue weighted by atomic mass is 32.2. The molecule has 4 heterocycles. The summed E-state index contributed by atoms with van der Waals surface area (Å²) in [5.74, 6) is -2.44. The molecule has 194 valence electrons. The number of thiazole rings is 1. The van der Waals surface area contributed by atoms with Crippen molar-refractivity contribution in [2.24, 2.45) is 5.16 Å². The third-order valence-electron chi connectivity index (χ3n) is 5.63. The summed E-state index contributed by atoms with van der Waals surface area (Å²) in [4.78, 5) is 55.0. The molecule has 1 unspecified atom stereocenters. The number of carboxylic acids is 1. The lowest BCUT2D eigenvalue weighted by molar-refractivity contribution is -0.150. The first kappa shape index (κ1) is 26.0. The van der Waals surface area contributed by atoms with Crippen LogP contribution in [0.3, 0.4) is 0 Å². The van der Waals surface area contributed by atoms with Gasteiger partial charge >= 0.3 is 5.97 Å². The third-order valence-corrected chi connectivity index (χ3v) is 9.66. The van der Waals surface area contributed by atoms with Crippen LogP contribution in [0, 0.1) is 0 Å². The fraction of sp³-hybridized carbons (Fsp3) is 0.130. The maximum Gasteiger partial charge on any atom is 0.352 e. The number of nitrogen functional groups attached to an aromatic ring is 1. The van der Waals surface area contributed by atoms with E-state index >= 15 is 0 Å². The zero-order chi connectivity index (χ0) is 27.0. The number of aromatic nitrogens is 1. The number of anilines is 1. The van der Waals surface area contributed by atoms with E-state index in [1.165, 1.54) is 46.3 Å². The van der Waals surface area contributed by atoms with Crippen LogP contribution in [0.2, 0.25) is 0 Å². The fourth-order valence-corrected chi connectivity index (χ4v) is 7.76. The molecule has 2 atom stereocenters. The highest BCUT2D eigenvalue weighted by molar-refractivity contribution is 8.04. The van der Waals surface area contributed by atoms with Crippen molar-refractivity contribution in [3.63, 3.8) is 0 Å². The van der Waals surface area contributed by atoms with Crippen LogP contribution in [0.25, 0.3) is 10.1 Å². The minimum atomic E-state index is -1.27. The van der Waals surface area contributed by atoms with E-state index in [4.69, 9.17) is 5.73 Å². The largest absolute Gasteiger partial charge is 0.477 e. The molecule has 0 aliphatic carbocycles. The summed E-state index contributed by atoms with van der Waals surface area (Å²) in [6.45, 7) is 0.